The van der Waals surface area contributed by atoms with Crippen LogP contribution in [0.5, 0.6) is 11.5 Å². The molecule has 0 aliphatic carbocycles. The highest BCUT2D eigenvalue weighted by atomic mass is 16.6. The number of benzene rings is 1. The fourth-order valence-electron chi connectivity index (χ4n) is 2.53. The lowest BCUT2D eigenvalue weighted by molar-refractivity contribution is 0.0699. The first kappa shape index (κ1) is 12.3. The van der Waals surface area contributed by atoms with Crippen molar-refractivity contribution in [2.45, 2.75) is 13.0 Å². The molecule has 0 unspecified atom stereocenters. The van der Waals surface area contributed by atoms with E-state index >= 15 is 0 Å². The Balaban J connectivity index is 1.87. The molecular formula is C14H18N2O3. The van der Waals surface area contributed by atoms with Gasteiger partial charge in [-0.25, -0.2) is 0 Å². The summed E-state index contributed by atoms with van der Waals surface area (Å²) in [6.45, 7) is 5.40. The molecular weight excluding hydrogens is 244 g/mol. The normalized spacial score (nSPS) is 22.2. The molecule has 102 valence electrons. The fourth-order valence-corrected chi connectivity index (χ4v) is 2.53. The highest BCUT2D eigenvalue weighted by Gasteiger charge is 2.26. The van der Waals surface area contributed by atoms with Crippen molar-refractivity contribution in [2.75, 3.05) is 32.8 Å². The number of rotatable bonds is 1. The molecule has 5 heteroatoms. The lowest BCUT2D eigenvalue weighted by Gasteiger charge is -2.32. The van der Waals surface area contributed by atoms with Crippen molar-refractivity contribution in [1.29, 1.82) is 0 Å². The maximum Gasteiger partial charge on any atom is 0.257 e. The van der Waals surface area contributed by atoms with Gasteiger partial charge >= 0.3 is 0 Å². The van der Waals surface area contributed by atoms with Crippen molar-refractivity contribution < 1.29 is 14.3 Å². The number of carbonyl (C=O) groups excluding carboxylic acids is 1. The maximum atomic E-state index is 12.6. The van der Waals surface area contributed by atoms with E-state index in [-0.39, 0.29) is 5.91 Å². The molecule has 1 aromatic rings. The molecule has 0 radical (unpaired) electrons. The molecule has 5 nitrogen and oxygen atoms in total. The fraction of sp³-hybridized carbons (Fsp3) is 0.500. The molecule has 0 bridgehead atoms. The van der Waals surface area contributed by atoms with Crippen LogP contribution in [0.2, 0.25) is 0 Å². The molecule has 3 rings (SSSR count). The Morgan fingerprint density at radius 2 is 2.21 bits per heavy atom. The Hall–Kier alpha value is -1.75. The average molecular weight is 262 g/mol. The van der Waals surface area contributed by atoms with E-state index in [9.17, 15) is 4.79 Å². The van der Waals surface area contributed by atoms with Crippen LogP contribution in [0, 0.1) is 0 Å². The molecule has 1 aromatic carbocycles. The van der Waals surface area contributed by atoms with E-state index in [1.807, 2.05) is 23.1 Å². The molecule has 0 saturated carbocycles. The van der Waals surface area contributed by atoms with Crippen molar-refractivity contribution in [1.82, 2.24) is 10.2 Å². The van der Waals surface area contributed by atoms with Gasteiger partial charge in [0.1, 0.15) is 13.2 Å². The molecule has 0 spiro atoms. The molecule has 1 amide bonds. The molecule has 19 heavy (non-hydrogen) atoms. The highest BCUT2D eigenvalue weighted by Crippen LogP contribution is 2.34. The van der Waals surface area contributed by atoms with Crippen molar-refractivity contribution in [3.05, 3.63) is 23.8 Å². The minimum Gasteiger partial charge on any atom is -0.486 e. The SMILES string of the molecule is C[C@@H]1CN(C(=O)c2cccc3c2OCCO3)CCN1. The first-order valence-corrected chi connectivity index (χ1v) is 6.67. The maximum absolute atomic E-state index is 12.6. The standard InChI is InChI=1S/C14H18N2O3/c1-10-9-16(6-5-15-10)14(17)11-3-2-4-12-13(11)19-8-7-18-12/h2-4,10,15H,5-9H2,1H3/t10-/m1/s1. The summed E-state index contributed by atoms with van der Waals surface area (Å²) in [7, 11) is 0. The number of para-hydroxylation sites is 1. The molecule has 1 fully saturated rings. The van der Waals surface area contributed by atoms with Gasteiger partial charge in [-0.2, -0.15) is 0 Å². The quantitative estimate of drug-likeness (QED) is 0.816. The van der Waals surface area contributed by atoms with Crippen molar-refractivity contribution in [2.24, 2.45) is 0 Å². The van der Waals surface area contributed by atoms with Gasteiger partial charge in [-0.05, 0) is 19.1 Å². The second-order valence-electron chi connectivity index (χ2n) is 4.94. The summed E-state index contributed by atoms with van der Waals surface area (Å²) in [5.41, 5.74) is 0.603. The first-order chi connectivity index (χ1) is 9.25. The summed E-state index contributed by atoms with van der Waals surface area (Å²) in [5.74, 6) is 1.28. The Labute approximate surface area is 112 Å². The molecule has 0 aromatic heterocycles. The summed E-state index contributed by atoms with van der Waals surface area (Å²) in [6, 6.07) is 5.81. The van der Waals surface area contributed by atoms with E-state index in [2.05, 4.69) is 12.2 Å². The zero-order valence-corrected chi connectivity index (χ0v) is 11.0. The third kappa shape index (κ3) is 2.38. The van der Waals surface area contributed by atoms with E-state index in [1.165, 1.54) is 0 Å². The smallest absolute Gasteiger partial charge is 0.257 e. The third-order valence-electron chi connectivity index (χ3n) is 3.45. The zero-order chi connectivity index (χ0) is 13.2. The first-order valence-electron chi connectivity index (χ1n) is 6.67. The summed E-state index contributed by atoms with van der Waals surface area (Å²) in [6.07, 6.45) is 0. The predicted molar refractivity (Wildman–Crippen MR) is 70.8 cm³/mol. The number of piperazine rings is 1. The predicted octanol–water partition coefficient (Wildman–Crippen LogP) is 0.892. The Bertz CT molecular complexity index is 490. The van der Waals surface area contributed by atoms with Gasteiger partial charge in [0.2, 0.25) is 0 Å². The topological polar surface area (TPSA) is 50.8 Å². The average Bonchev–Trinajstić information content (AvgIpc) is 2.46. The lowest BCUT2D eigenvalue weighted by atomic mass is 10.1. The molecule has 2 aliphatic rings. The summed E-state index contributed by atoms with van der Waals surface area (Å²) < 4.78 is 11.1. The zero-order valence-electron chi connectivity index (χ0n) is 11.0. The van der Waals surface area contributed by atoms with Gasteiger partial charge < -0.3 is 19.7 Å². The van der Waals surface area contributed by atoms with Crippen LogP contribution in [-0.4, -0.2) is 49.7 Å². The van der Waals surface area contributed by atoms with E-state index in [4.69, 9.17) is 9.47 Å². The molecule has 1 saturated heterocycles. The van der Waals surface area contributed by atoms with Crippen molar-refractivity contribution in [3.8, 4) is 11.5 Å². The Morgan fingerprint density at radius 1 is 1.37 bits per heavy atom. The monoisotopic (exact) mass is 262 g/mol. The second kappa shape index (κ2) is 5.09. The van der Waals surface area contributed by atoms with Crippen LogP contribution < -0.4 is 14.8 Å². The summed E-state index contributed by atoms with van der Waals surface area (Å²) in [5, 5.41) is 3.33. The van der Waals surface area contributed by atoms with Crippen LogP contribution in [0.1, 0.15) is 17.3 Å². The van der Waals surface area contributed by atoms with Gasteiger partial charge in [-0.1, -0.05) is 6.07 Å². The van der Waals surface area contributed by atoms with Crippen LogP contribution in [0.3, 0.4) is 0 Å². The second-order valence-corrected chi connectivity index (χ2v) is 4.94. The van der Waals surface area contributed by atoms with Gasteiger partial charge in [0.15, 0.2) is 11.5 Å². The van der Waals surface area contributed by atoms with Crippen LogP contribution in [0.4, 0.5) is 0 Å². The minimum absolute atomic E-state index is 0.0238. The van der Waals surface area contributed by atoms with Crippen LogP contribution >= 0.6 is 0 Å². The van der Waals surface area contributed by atoms with Gasteiger partial charge in [0.25, 0.3) is 5.91 Å². The van der Waals surface area contributed by atoms with Gasteiger partial charge in [0, 0.05) is 25.7 Å². The van der Waals surface area contributed by atoms with Crippen LogP contribution in [0.15, 0.2) is 18.2 Å². The molecule has 2 aliphatic heterocycles. The molecule has 1 N–H and O–H groups in total. The van der Waals surface area contributed by atoms with Crippen LogP contribution in [0.25, 0.3) is 0 Å². The molecule has 1 atom stereocenters. The highest BCUT2D eigenvalue weighted by molar-refractivity contribution is 5.98. The largest absolute Gasteiger partial charge is 0.486 e. The summed E-state index contributed by atoms with van der Waals surface area (Å²) in [4.78, 5) is 14.4. The number of hydrogen-bond donors (Lipinski definition) is 1. The van der Waals surface area contributed by atoms with Gasteiger partial charge in [0.05, 0.1) is 5.56 Å². The number of ether oxygens (including phenoxy) is 2. The van der Waals surface area contributed by atoms with E-state index in [0.29, 0.717) is 36.3 Å². The minimum atomic E-state index is 0.0238. The Kier molecular flexibility index (Phi) is 3.29. The number of amides is 1. The number of hydrogen-bond acceptors (Lipinski definition) is 4. The Morgan fingerprint density at radius 3 is 3.05 bits per heavy atom. The van der Waals surface area contributed by atoms with Crippen molar-refractivity contribution >= 4 is 5.91 Å². The lowest BCUT2D eigenvalue weighted by Crippen LogP contribution is -2.51. The van der Waals surface area contributed by atoms with E-state index < -0.39 is 0 Å². The number of nitrogens with one attached hydrogen (secondary N) is 1. The number of fused-ring (bicyclic) bond motifs is 1. The van der Waals surface area contributed by atoms with Gasteiger partial charge in [-0.15, -0.1) is 0 Å². The van der Waals surface area contributed by atoms with Crippen LogP contribution in [-0.2, 0) is 0 Å². The number of nitrogens with zero attached hydrogens (tertiary/aromatic N) is 1. The van der Waals surface area contributed by atoms with E-state index in [1.54, 1.807) is 0 Å². The van der Waals surface area contributed by atoms with Gasteiger partial charge in [-0.3, -0.25) is 4.79 Å². The third-order valence-corrected chi connectivity index (χ3v) is 3.45. The number of carbonyl (C=O) groups is 1. The molecule has 2 heterocycles. The van der Waals surface area contributed by atoms with Crippen molar-refractivity contribution in [3.63, 3.8) is 0 Å². The van der Waals surface area contributed by atoms with E-state index in [0.717, 1.165) is 19.6 Å². The summed E-state index contributed by atoms with van der Waals surface area (Å²) >= 11 is 0.